The fourth-order valence-electron chi connectivity index (χ4n) is 3.99. The maximum atomic E-state index is 12.4. The average molecular weight is 565 g/mol. The van der Waals surface area contributed by atoms with E-state index in [0.29, 0.717) is 47.2 Å². The van der Waals surface area contributed by atoms with Crippen molar-refractivity contribution in [2.24, 2.45) is 11.8 Å². The van der Waals surface area contributed by atoms with E-state index in [1.165, 1.54) is 0 Å². The number of hydrogen-bond donors (Lipinski definition) is 4. The smallest absolute Gasteiger partial charge is 0.276 e. The van der Waals surface area contributed by atoms with Crippen LogP contribution in [0.3, 0.4) is 0 Å². The Bertz CT molecular complexity index is 1090. The second-order valence-corrected chi connectivity index (χ2v) is 9.89. The molecule has 38 heavy (non-hydrogen) atoms. The number of ether oxygens (including phenoxy) is 2. The molecule has 0 atom stereocenters. The van der Waals surface area contributed by atoms with Crippen molar-refractivity contribution >= 4 is 46.8 Å². The molecule has 204 valence electrons. The van der Waals surface area contributed by atoms with Crippen molar-refractivity contribution < 1.29 is 28.7 Å². The van der Waals surface area contributed by atoms with Crippen molar-refractivity contribution in [1.29, 1.82) is 0 Å². The molecule has 0 saturated heterocycles. The Labute approximate surface area is 230 Å². The van der Waals surface area contributed by atoms with E-state index in [-0.39, 0.29) is 36.9 Å². The second kappa shape index (κ2) is 13.9. The van der Waals surface area contributed by atoms with E-state index >= 15 is 0 Å². The van der Waals surface area contributed by atoms with Crippen LogP contribution in [0.4, 0.5) is 0 Å². The predicted octanol–water partition coefficient (Wildman–Crippen LogP) is 3.17. The highest BCUT2D eigenvalue weighted by molar-refractivity contribution is 6.31. The van der Waals surface area contributed by atoms with E-state index in [1.807, 2.05) is 13.8 Å². The number of amides is 4. The lowest BCUT2D eigenvalue weighted by Gasteiger charge is -2.27. The van der Waals surface area contributed by atoms with Gasteiger partial charge in [-0.2, -0.15) is 0 Å². The maximum absolute atomic E-state index is 12.4. The van der Waals surface area contributed by atoms with Crippen LogP contribution in [0.15, 0.2) is 36.4 Å². The summed E-state index contributed by atoms with van der Waals surface area (Å²) in [5, 5.41) is 1.14. The van der Waals surface area contributed by atoms with Gasteiger partial charge in [-0.15, -0.1) is 0 Å². The van der Waals surface area contributed by atoms with Gasteiger partial charge in [0.05, 0.1) is 0 Å². The van der Waals surface area contributed by atoms with Gasteiger partial charge in [0.15, 0.2) is 13.2 Å². The van der Waals surface area contributed by atoms with E-state index in [4.69, 9.17) is 32.7 Å². The third-order valence-corrected chi connectivity index (χ3v) is 6.58. The minimum absolute atomic E-state index is 0.272. The number of hydrogen-bond acceptors (Lipinski definition) is 6. The Balaban J connectivity index is 1.31. The standard InChI is InChI=1S/C26H30Cl2N4O6/c1-15-11-19(27)7-9-21(15)37-13-23(33)29-31-25(35)17-3-5-18(6-4-17)26(36)32-30-24(34)14-38-22-10-8-20(28)12-16(22)2/h7-12,17-18H,3-6,13-14H2,1-2H3,(H,29,33)(H,30,34)(H,31,35)(H,32,36). The molecular weight excluding hydrogens is 535 g/mol. The molecule has 0 aromatic heterocycles. The number of rotatable bonds is 8. The molecule has 1 aliphatic rings. The molecule has 1 saturated carbocycles. The van der Waals surface area contributed by atoms with Crippen LogP contribution < -0.4 is 31.2 Å². The Hall–Kier alpha value is -3.50. The molecular formula is C26H30Cl2N4O6. The SMILES string of the molecule is Cc1cc(Cl)ccc1OCC(=O)NNC(=O)C1CCC(C(=O)NNC(=O)COc2ccc(Cl)cc2C)CC1. The highest BCUT2D eigenvalue weighted by atomic mass is 35.5. The highest BCUT2D eigenvalue weighted by Gasteiger charge is 2.30. The molecule has 12 heteroatoms. The molecule has 0 unspecified atom stereocenters. The lowest BCUT2D eigenvalue weighted by molar-refractivity contribution is -0.135. The second-order valence-electron chi connectivity index (χ2n) is 9.02. The van der Waals surface area contributed by atoms with Crippen molar-refractivity contribution in [2.75, 3.05) is 13.2 Å². The first-order valence-corrected chi connectivity index (χ1v) is 12.8. The molecule has 4 amide bonds. The van der Waals surface area contributed by atoms with Gasteiger partial charge in [-0.25, -0.2) is 0 Å². The van der Waals surface area contributed by atoms with Gasteiger partial charge in [0, 0.05) is 21.9 Å². The molecule has 0 bridgehead atoms. The quantitative estimate of drug-likeness (QED) is 0.364. The molecule has 10 nitrogen and oxygen atoms in total. The van der Waals surface area contributed by atoms with Crippen molar-refractivity contribution in [2.45, 2.75) is 39.5 Å². The van der Waals surface area contributed by atoms with E-state index in [1.54, 1.807) is 36.4 Å². The fourth-order valence-corrected chi connectivity index (χ4v) is 4.45. The van der Waals surface area contributed by atoms with Crippen LogP contribution in [-0.2, 0) is 19.2 Å². The molecule has 0 aliphatic heterocycles. The van der Waals surface area contributed by atoms with Crippen LogP contribution in [-0.4, -0.2) is 36.8 Å². The summed E-state index contributed by atoms with van der Waals surface area (Å²) in [6, 6.07) is 10.1. The zero-order chi connectivity index (χ0) is 27.7. The van der Waals surface area contributed by atoms with Crippen LogP contribution in [0, 0.1) is 25.7 Å². The van der Waals surface area contributed by atoms with Crippen LogP contribution in [0.1, 0.15) is 36.8 Å². The number of benzene rings is 2. The van der Waals surface area contributed by atoms with Gasteiger partial charge in [-0.05, 0) is 87.1 Å². The molecule has 2 aromatic rings. The highest BCUT2D eigenvalue weighted by Crippen LogP contribution is 2.29. The van der Waals surface area contributed by atoms with Gasteiger partial charge in [0.1, 0.15) is 11.5 Å². The summed E-state index contributed by atoms with van der Waals surface area (Å²) in [5.41, 5.74) is 11.1. The fraction of sp³-hybridized carbons (Fsp3) is 0.385. The zero-order valence-electron chi connectivity index (χ0n) is 21.1. The van der Waals surface area contributed by atoms with Crippen LogP contribution in [0.25, 0.3) is 0 Å². The van der Waals surface area contributed by atoms with Gasteiger partial charge >= 0.3 is 0 Å². The van der Waals surface area contributed by atoms with Crippen LogP contribution in [0.2, 0.25) is 10.0 Å². The number of carbonyl (C=O) groups is 4. The predicted molar refractivity (Wildman–Crippen MR) is 141 cm³/mol. The molecule has 1 fully saturated rings. The molecule has 0 radical (unpaired) electrons. The Kier molecular flexibility index (Phi) is 10.6. The van der Waals surface area contributed by atoms with Gasteiger partial charge in [-0.3, -0.25) is 40.9 Å². The molecule has 0 spiro atoms. The first-order chi connectivity index (χ1) is 18.1. The van der Waals surface area contributed by atoms with Gasteiger partial charge in [0.25, 0.3) is 11.8 Å². The van der Waals surface area contributed by atoms with Gasteiger partial charge < -0.3 is 9.47 Å². The van der Waals surface area contributed by atoms with Crippen LogP contribution >= 0.6 is 23.2 Å². The first-order valence-electron chi connectivity index (χ1n) is 12.1. The third-order valence-electron chi connectivity index (χ3n) is 6.11. The van der Waals surface area contributed by atoms with Crippen molar-refractivity contribution in [3.8, 4) is 11.5 Å². The Morgan fingerprint density at radius 1 is 0.684 bits per heavy atom. The number of nitrogens with one attached hydrogen (secondary N) is 4. The third kappa shape index (κ3) is 8.81. The molecule has 0 heterocycles. The minimum atomic E-state index is -0.508. The first kappa shape index (κ1) is 29.1. The van der Waals surface area contributed by atoms with Crippen LogP contribution in [0.5, 0.6) is 11.5 Å². The van der Waals surface area contributed by atoms with Crippen molar-refractivity contribution in [3.05, 3.63) is 57.6 Å². The average Bonchev–Trinajstić information content (AvgIpc) is 2.89. The normalized spacial score (nSPS) is 16.6. The largest absolute Gasteiger partial charge is 0.483 e. The monoisotopic (exact) mass is 564 g/mol. The zero-order valence-corrected chi connectivity index (χ0v) is 22.6. The summed E-state index contributed by atoms with van der Waals surface area (Å²) < 4.78 is 10.9. The Morgan fingerprint density at radius 2 is 1.05 bits per heavy atom. The molecule has 2 aromatic carbocycles. The summed E-state index contributed by atoms with van der Waals surface area (Å²) in [5.74, 6) is -1.32. The topological polar surface area (TPSA) is 135 Å². The van der Waals surface area contributed by atoms with E-state index < -0.39 is 11.8 Å². The number of hydrazine groups is 2. The number of halogens is 2. The lowest BCUT2D eigenvalue weighted by Crippen LogP contribution is -2.48. The van der Waals surface area contributed by atoms with Gasteiger partial charge in [-0.1, -0.05) is 23.2 Å². The number of aryl methyl sites for hydroxylation is 2. The summed E-state index contributed by atoms with van der Waals surface area (Å²) in [4.78, 5) is 48.9. The van der Waals surface area contributed by atoms with E-state index in [0.717, 1.165) is 11.1 Å². The Morgan fingerprint density at radius 3 is 1.39 bits per heavy atom. The molecule has 4 N–H and O–H groups in total. The maximum Gasteiger partial charge on any atom is 0.276 e. The van der Waals surface area contributed by atoms with E-state index in [9.17, 15) is 19.2 Å². The molecule has 1 aliphatic carbocycles. The summed E-state index contributed by atoms with van der Waals surface area (Å²) >= 11 is 11.8. The molecule has 3 rings (SSSR count). The minimum Gasteiger partial charge on any atom is -0.483 e. The summed E-state index contributed by atoms with van der Waals surface area (Å²) in [7, 11) is 0. The summed E-state index contributed by atoms with van der Waals surface area (Å²) in [6.07, 6.45) is 1.86. The van der Waals surface area contributed by atoms with Gasteiger partial charge in [0.2, 0.25) is 11.8 Å². The van der Waals surface area contributed by atoms with Crippen molar-refractivity contribution in [1.82, 2.24) is 21.7 Å². The van der Waals surface area contributed by atoms with Crippen molar-refractivity contribution in [3.63, 3.8) is 0 Å². The lowest BCUT2D eigenvalue weighted by atomic mass is 9.81. The van der Waals surface area contributed by atoms with E-state index in [2.05, 4.69) is 21.7 Å². The number of carbonyl (C=O) groups excluding carboxylic acids is 4. The summed E-state index contributed by atoms with van der Waals surface area (Å²) in [6.45, 7) is 3.07.